The second-order valence-corrected chi connectivity index (χ2v) is 7.18. The molecule has 0 aliphatic heterocycles. The van der Waals surface area contributed by atoms with Crippen molar-refractivity contribution in [2.24, 2.45) is 0 Å². The van der Waals surface area contributed by atoms with Gasteiger partial charge in [0.05, 0.1) is 6.61 Å². The number of rotatable bonds is 6. The number of carbonyl (C=O) groups is 3. The van der Waals surface area contributed by atoms with E-state index in [1.54, 1.807) is 42.6 Å². The molecule has 30 heavy (non-hydrogen) atoms. The van der Waals surface area contributed by atoms with Gasteiger partial charge in [-0.25, -0.2) is 9.18 Å². The van der Waals surface area contributed by atoms with E-state index in [0.29, 0.717) is 27.4 Å². The summed E-state index contributed by atoms with van der Waals surface area (Å²) in [5.41, 5.74) is 2.18. The first-order valence-corrected chi connectivity index (χ1v) is 10.0. The Balaban J connectivity index is 1.94. The molecule has 0 fully saturated rings. The summed E-state index contributed by atoms with van der Waals surface area (Å²) in [6.45, 7) is 3.23. The van der Waals surface area contributed by atoms with Gasteiger partial charge in [0.1, 0.15) is 16.4 Å². The van der Waals surface area contributed by atoms with Gasteiger partial charge in [-0.15, -0.1) is 11.3 Å². The highest BCUT2D eigenvalue weighted by Gasteiger charge is 2.23. The van der Waals surface area contributed by atoms with Crippen LogP contribution >= 0.6 is 11.3 Å². The van der Waals surface area contributed by atoms with E-state index in [-0.39, 0.29) is 23.9 Å². The van der Waals surface area contributed by atoms with Crippen LogP contribution in [0.3, 0.4) is 0 Å². The third-order valence-electron chi connectivity index (χ3n) is 4.10. The van der Waals surface area contributed by atoms with Gasteiger partial charge in [-0.1, -0.05) is 18.2 Å². The quantitative estimate of drug-likeness (QED) is 0.547. The minimum atomic E-state index is -0.583. The van der Waals surface area contributed by atoms with Crippen LogP contribution in [0.5, 0.6) is 0 Å². The lowest BCUT2D eigenvalue weighted by Gasteiger charge is -2.10. The molecule has 3 rings (SSSR count). The van der Waals surface area contributed by atoms with E-state index < -0.39 is 11.9 Å². The predicted molar refractivity (Wildman–Crippen MR) is 114 cm³/mol. The van der Waals surface area contributed by atoms with Crippen LogP contribution in [0.15, 0.2) is 53.9 Å². The largest absolute Gasteiger partial charge is 0.462 e. The smallest absolute Gasteiger partial charge is 0.341 e. The second kappa shape index (κ2) is 9.32. The first-order valence-electron chi connectivity index (χ1n) is 9.12. The predicted octanol–water partition coefficient (Wildman–Crippen LogP) is 4.94. The maximum absolute atomic E-state index is 13.3. The van der Waals surface area contributed by atoms with Crippen LogP contribution in [-0.2, 0) is 9.53 Å². The third-order valence-corrected chi connectivity index (χ3v) is 4.99. The van der Waals surface area contributed by atoms with E-state index in [1.807, 2.05) is 0 Å². The van der Waals surface area contributed by atoms with E-state index in [9.17, 15) is 18.8 Å². The summed E-state index contributed by atoms with van der Waals surface area (Å²) in [6, 6.07) is 12.2. The lowest BCUT2D eigenvalue weighted by atomic mass is 10.0. The molecule has 2 amide bonds. The van der Waals surface area contributed by atoms with Crippen molar-refractivity contribution in [3.05, 3.63) is 70.9 Å². The van der Waals surface area contributed by atoms with E-state index in [2.05, 4.69) is 10.6 Å². The Kier molecular flexibility index (Phi) is 6.58. The van der Waals surface area contributed by atoms with Gasteiger partial charge in [-0.2, -0.15) is 0 Å². The molecule has 6 nitrogen and oxygen atoms in total. The van der Waals surface area contributed by atoms with E-state index in [4.69, 9.17) is 4.74 Å². The number of esters is 1. The number of amides is 2. The molecule has 154 valence electrons. The standard InChI is InChI=1S/C22H19FN2O4S/c1-3-29-22(28)19-18(14-7-9-16(23)10-8-14)12-30-21(19)25-20(27)15-5-4-6-17(11-15)24-13(2)26/h4-12H,3H2,1-2H3,(H,24,26)(H,25,27). The number of thiophene rings is 1. The number of carbonyl (C=O) groups excluding carboxylic acids is 3. The minimum absolute atomic E-state index is 0.170. The van der Waals surface area contributed by atoms with Gasteiger partial charge in [-0.05, 0) is 42.8 Å². The molecule has 2 aromatic carbocycles. The summed E-state index contributed by atoms with van der Waals surface area (Å²) in [7, 11) is 0. The summed E-state index contributed by atoms with van der Waals surface area (Å²) in [5.74, 6) is -1.67. The molecular weight excluding hydrogens is 407 g/mol. The number of halogens is 1. The van der Waals surface area contributed by atoms with Crippen LogP contribution in [0.25, 0.3) is 11.1 Å². The molecule has 0 spiro atoms. The molecule has 0 aliphatic carbocycles. The fourth-order valence-corrected chi connectivity index (χ4v) is 3.77. The molecule has 0 aliphatic rings. The zero-order chi connectivity index (χ0) is 21.7. The summed E-state index contributed by atoms with van der Waals surface area (Å²) >= 11 is 1.17. The van der Waals surface area contributed by atoms with E-state index in [0.717, 1.165) is 0 Å². The number of ether oxygens (including phenoxy) is 1. The zero-order valence-electron chi connectivity index (χ0n) is 16.3. The lowest BCUT2D eigenvalue weighted by Crippen LogP contribution is -2.15. The number of anilines is 2. The Labute approximate surface area is 176 Å². The molecule has 0 saturated carbocycles. The topological polar surface area (TPSA) is 84.5 Å². The highest BCUT2D eigenvalue weighted by Crippen LogP contribution is 2.36. The van der Waals surface area contributed by atoms with Crippen molar-refractivity contribution in [1.82, 2.24) is 0 Å². The number of benzene rings is 2. The molecule has 0 bridgehead atoms. The van der Waals surface area contributed by atoms with Crippen LogP contribution in [0, 0.1) is 5.82 Å². The monoisotopic (exact) mass is 426 g/mol. The van der Waals surface area contributed by atoms with Crippen LogP contribution in [0.2, 0.25) is 0 Å². The van der Waals surface area contributed by atoms with Gasteiger partial charge in [0, 0.05) is 29.1 Å². The van der Waals surface area contributed by atoms with Gasteiger partial charge < -0.3 is 15.4 Å². The number of nitrogens with one attached hydrogen (secondary N) is 2. The molecule has 0 saturated heterocycles. The zero-order valence-corrected chi connectivity index (χ0v) is 17.1. The maximum atomic E-state index is 13.3. The second-order valence-electron chi connectivity index (χ2n) is 6.30. The molecule has 3 aromatic rings. The van der Waals surface area contributed by atoms with Gasteiger partial charge in [0.15, 0.2) is 0 Å². The van der Waals surface area contributed by atoms with Crippen LogP contribution in [0.4, 0.5) is 15.1 Å². The lowest BCUT2D eigenvalue weighted by molar-refractivity contribution is -0.114. The molecule has 0 atom stereocenters. The van der Waals surface area contributed by atoms with Crippen molar-refractivity contribution in [2.75, 3.05) is 17.2 Å². The maximum Gasteiger partial charge on any atom is 0.341 e. The normalized spacial score (nSPS) is 10.4. The van der Waals surface area contributed by atoms with Gasteiger partial charge in [0.25, 0.3) is 5.91 Å². The van der Waals surface area contributed by atoms with E-state index >= 15 is 0 Å². The fourth-order valence-electron chi connectivity index (χ4n) is 2.81. The third kappa shape index (κ3) is 4.90. The van der Waals surface area contributed by atoms with Gasteiger partial charge >= 0.3 is 5.97 Å². The molecule has 1 heterocycles. The number of hydrogen-bond donors (Lipinski definition) is 2. The average molecular weight is 426 g/mol. The first-order chi connectivity index (χ1) is 14.4. The molecule has 1 aromatic heterocycles. The molecule has 8 heteroatoms. The molecule has 2 N–H and O–H groups in total. The summed E-state index contributed by atoms with van der Waals surface area (Å²) in [6.07, 6.45) is 0. The average Bonchev–Trinajstić information content (AvgIpc) is 3.12. The molecular formula is C22H19FN2O4S. The summed E-state index contributed by atoms with van der Waals surface area (Å²) in [4.78, 5) is 36.6. The Morgan fingerprint density at radius 3 is 2.47 bits per heavy atom. The fraction of sp³-hybridized carbons (Fsp3) is 0.136. The Hall–Kier alpha value is -3.52. The number of hydrogen-bond acceptors (Lipinski definition) is 5. The summed E-state index contributed by atoms with van der Waals surface area (Å²) in [5, 5.41) is 7.39. The van der Waals surface area contributed by atoms with Crippen LogP contribution in [-0.4, -0.2) is 24.4 Å². The van der Waals surface area contributed by atoms with Gasteiger partial charge in [0.2, 0.25) is 5.91 Å². The van der Waals surface area contributed by atoms with Crippen molar-refractivity contribution in [3.63, 3.8) is 0 Å². The van der Waals surface area contributed by atoms with Crippen molar-refractivity contribution >= 4 is 39.8 Å². The van der Waals surface area contributed by atoms with E-state index in [1.165, 1.54) is 36.5 Å². The van der Waals surface area contributed by atoms with Gasteiger partial charge in [-0.3, -0.25) is 9.59 Å². The van der Waals surface area contributed by atoms with Crippen LogP contribution in [0.1, 0.15) is 34.6 Å². The first kappa shape index (κ1) is 21.2. The van der Waals surface area contributed by atoms with Crippen molar-refractivity contribution in [2.45, 2.75) is 13.8 Å². The highest BCUT2D eigenvalue weighted by molar-refractivity contribution is 7.15. The SMILES string of the molecule is CCOC(=O)c1c(-c2ccc(F)cc2)csc1NC(=O)c1cccc(NC(C)=O)c1. The van der Waals surface area contributed by atoms with Crippen molar-refractivity contribution < 1.29 is 23.5 Å². The summed E-state index contributed by atoms with van der Waals surface area (Å²) < 4.78 is 18.4. The molecule has 0 unspecified atom stereocenters. The van der Waals surface area contributed by atoms with Crippen molar-refractivity contribution in [1.29, 1.82) is 0 Å². The highest BCUT2D eigenvalue weighted by atomic mass is 32.1. The Morgan fingerprint density at radius 2 is 1.80 bits per heavy atom. The van der Waals surface area contributed by atoms with Crippen molar-refractivity contribution in [3.8, 4) is 11.1 Å². The van der Waals surface area contributed by atoms with Crippen LogP contribution < -0.4 is 10.6 Å². The molecule has 0 radical (unpaired) electrons. The Morgan fingerprint density at radius 1 is 1.07 bits per heavy atom. The minimum Gasteiger partial charge on any atom is -0.462 e. The Bertz CT molecular complexity index is 1090.